The summed E-state index contributed by atoms with van der Waals surface area (Å²) in [7, 11) is 0. The van der Waals surface area contributed by atoms with Gasteiger partial charge in [-0.1, -0.05) is 25.7 Å². The van der Waals surface area contributed by atoms with Crippen molar-refractivity contribution in [1.82, 2.24) is 5.32 Å². The fourth-order valence-corrected chi connectivity index (χ4v) is 3.11. The third-order valence-electron chi connectivity index (χ3n) is 4.70. The molecule has 0 heterocycles. The summed E-state index contributed by atoms with van der Waals surface area (Å²) < 4.78 is 0. The second-order valence-corrected chi connectivity index (χ2v) is 6.04. The Morgan fingerprint density at radius 3 is 2.33 bits per heavy atom. The quantitative estimate of drug-likeness (QED) is 0.810. The van der Waals surface area contributed by atoms with Crippen molar-refractivity contribution >= 4 is 18.3 Å². The number of rotatable bonds is 5. The van der Waals surface area contributed by atoms with Gasteiger partial charge in [-0.05, 0) is 43.6 Å². The Kier molecular flexibility index (Phi) is 6.44. The largest absolute Gasteiger partial charge is 0.356 e. The lowest BCUT2D eigenvalue weighted by Crippen LogP contribution is -2.40. The van der Waals surface area contributed by atoms with Gasteiger partial charge < -0.3 is 11.1 Å². The predicted molar refractivity (Wildman–Crippen MR) is 76.8 cm³/mol. The molecule has 0 aromatic heterocycles. The Bertz CT molecular complexity index is 261. The summed E-state index contributed by atoms with van der Waals surface area (Å²) in [6.45, 7) is 1.56. The molecule has 0 radical (unpaired) electrons. The van der Waals surface area contributed by atoms with Crippen LogP contribution in [0.1, 0.15) is 57.8 Å². The minimum atomic E-state index is 0. The number of hydrogen-bond donors (Lipinski definition) is 2. The molecule has 0 aromatic rings. The summed E-state index contributed by atoms with van der Waals surface area (Å²) in [6.07, 6.45) is 10.7. The van der Waals surface area contributed by atoms with Gasteiger partial charge in [0.1, 0.15) is 0 Å². The van der Waals surface area contributed by atoms with Crippen LogP contribution in [0.2, 0.25) is 0 Å². The molecule has 0 atom stereocenters. The fourth-order valence-electron chi connectivity index (χ4n) is 3.11. The molecule has 106 valence electrons. The van der Waals surface area contributed by atoms with E-state index < -0.39 is 0 Å². The van der Waals surface area contributed by atoms with Gasteiger partial charge in [0, 0.05) is 13.0 Å². The van der Waals surface area contributed by atoms with E-state index in [1.807, 2.05) is 0 Å². The van der Waals surface area contributed by atoms with E-state index in [4.69, 9.17) is 5.73 Å². The summed E-state index contributed by atoms with van der Waals surface area (Å²) >= 11 is 0. The van der Waals surface area contributed by atoms with Crippen LogP contribution >= 0.6 is 12.4 Å². The molecule has 2 rings (SSSR count). The first-order valence-electron chi connectivity index (χ1n) is 7.21. The van der Waals surface area contributed by atoms with Crippen molar-refractivity contribution in [1.29, 1.82) is 0 Å². The zero-order valence-corrected chi connectivity index (χ0v) is 12.1. The molecule has 3 N–H and O–H groups in total. The normalized spacial score (nSPS) is 22.7. The van der Waals surface area contributed by atoms with Gasteiger partial charge in [-0.2, -0.15) is 0 Å². The Labute approximate surface area is 117 Å². The number of carbonyl (C=O) groups is 1. The third kappa shape index (κ3) is 4.13. The zero-order valence-electron chi connectivity index (χ0n) is 11.2. The lowest BCUT2D eigenvalue weighted by atomic mass is 9.71. The second-order valence-electron chi connectivity index (χ2n) is 6.04. The monoisotopic (exact) mass is 274 g/mol. The van der Waals surface area contributed by atoms with Gasteiger partial charge in [0.2, 0.25) is 5.91 Å². The zero-order chi connectivity index (χ0) is 12.1. The number of nitrogens with one attached hydrogen (secondary N) is 1. The number of hydrogen-bond acceptors (Lipinski definition) is 2. The molecule has 18 heavy (non-hydrogen) atoms. The topological polar surface area (TPSA) is 55.1 Å². The first-order valence-corrected chi connectivity index (χ1v) is 7.21. The molecular formula is C14H27ClN2O. The third-order valence-corrected chi connectivity index (χ3v) is 4.70. The van der Waals surface area contributed by atoms with Gasteiger partial charge in [-0.15, -0.1) is 12.4 Å². The number of nitrogens with two attached hydrogens (primary N) is 1. The van der Waals surface area contributed by atoms with E-state index in [0.717, 1.165) is 25.3 Å². The molecule has 3 nitrogen and oxygen atoms in total. The van der Waals surface area contributed by atoms with Crippen LogP contribution in [0.25, 0.3) is 0 Å². The van der Waals surface area contributed by atoms with Crippen LogP contribution in [-0.2, 0) is 4.79 Å². The van der Waals surface area contributed by atoms with Crippen molar-refractivity contribution in [2.45, 2.75) is 57.8 Å². The molecule has 0 unspecified atom stereocenters. The Morgan fingerprint density at radius 2 is 1.83 bits per heavy atom. The molecule has 0 aromatic carbocycles. The van der Waals surface area contributed by atoms with Crippen LogP contribution in [0.4, 0.5) is 0 Å². The van der Waals surface area contributed by atoms with Crippen LogP contribution < -0.4 is 11.1 Å². The molecular weight excluding hydrogens is 248 g/mol. The van der Waals surface area contributed by atoms with Crippen LogP contribution in [0.15, 0.2) is 0 Å². The van der Waals surface area contributed by atoms with Crippen molar-refractivity contribution in [2.75, 3.05) is 13.1 Å². The van der Waals surface area contributed by atoms with Crippen molar-refractivity contribution in [3.05, 3.63) is 0 Å². The van der Waals surface area contributed by atoms with E-state index in [1.54, 1.807) is 0 Å². The van der Waals surface area contributed by atoms with Crippen molar-refractivity contribution in [3.8, 4) is 0 Å². The van der Waals surface area contributed by atoms with E-state index >= 15 is 0 Å². The highest BCUT2D eigenvalue weighted by Crippen LogP contribution is 2.38. The smallest absolute Gasteiger partial charge is 0.220 e. The average Bonchev–Trinajstić information content (AvgIpc) is 2.28. The summed E-state index contributed by atoms with van der Waals surface area (Å²) in [4.78, 5) is 12.0. The second kappa shape index (κ2) is 7.34. The fraction of sp³-hybridized carbons (Fsp3) is 0.929. The molecule has 0 bridgehead atoms. The lowest BCUT2D eigenvalue weighted by Gasteiger charge is -2.36. The highest BCUT2D eigenvalue weighted by Gasteiger charge is 2.33. The molecule has 2 saturated carbocycles. The van der Waals surface area contributed by atoms with E-state index in [2.05, 4.69) is 5.32 Å². The SMILES string of the molecule is Cl.NCC1(CC(=O)NCC2CCC2)CCCCC1. The van der Waals surface area contributed by atoms with Crippen molar-refractivity contribution < 1.29 is 4.79 Å². The number of halogens is 1. The molecule has 0 spiro atoms. The maximum Gasteiger partial charge on any atom is 0.220 e. The van der Waals surface area contributed by atoms with Gasteiger partial charge in [0.15, 0.2) is 0 Å². The minimum absolute atomic E-state index is 0. The molecule has 2 aliphatic carbocycles. The first-order chi connectivity index (χ1) is 8.24. The maximum absolute atomic E-state index is 12.0. The van der Waals surface area contributed by atoms with Crippen LogP contribution in [0.3, 0.4) is 0 Å². The molecule has 2 fully saturated rings. The lowest BCUT2D eigenvalue weighted by molar-refractivity contribution is -0.124. The molecule has 2 aliphatic rings. The summed E-state index contributed by atoms with van der Waals surface area (Å²) in [5, 5.41) is 3.10. The van der Waals surface area contributed by atoms with E-state index in [0.29, 0.717) is 13.0 Å². The number of carbonyl (C=O) groups excluding carboxylic acids is 1. The van der Waals surface area contributed by atoms with Gasteiger partial charge in [-0.3, -0.25) is 4.79 Å². The standard InChI is InChI=1S/C14H26N2O.ClH/c15-11-14(7-2-1-3-8-14)9-13(17)16-10-12-5-4-6-12;/h12H,1-11,15H2,(H,16,17);1H. The first kappa shape index (κ1) is 15.8. The van der Waals surface area contributed by atoms with Gasteiger partial charge in [0.25, 0.3) is 0 Å². The van der Waals surface area contributed by atoms with E-state index in [9.17, 15) is 4.79 Å². The molecule has 0 saturated heterocycles. The highest BCUT2D eigenvalue weighted by atomic mass is 35.5. The Hall–Kier alpha value is -0.280. The van der Waals surface area contributed by atoms with E-state index in [-0.39, 0.29) is 23.7 Å². The minimum Gasteiger partial charge on any atom is -0.356 e. The molecule has 4 heteroatoms. The van der Waals surface area contributed by atoms with Gasteiger partial charge in [0.05, 0.1) is 0 Å². The van der Waals surface area contributed by atoms with Crippen LogP contribution in [0.5, 0.6) is 0 Å². The van der Waals surface area contributed by atoms with Crippen molar-refractivity contribution in [3.63, 3.8) is 0 Å². The van der Waals surface area contributed by atoms with Gasteiger partial charge >= 0.3 is 0 Å². The van der Waals surface area contributed by atoms with Crippen LogP contribution in [0, 0.1) is 11.3 Å². The Morgan fingerprint density at radius 1 is 1.17 bits per heavy atom. The van der Waals surface area contributed by atoms with Crippen LogP contribution in [-0.4, -0.2) is 19.0 Å². The Balaban J connectivity index is 0.00000162. The molecule has 0 aliphatic heterocycles. The average molecular weight is 275 g/mol. The maximum atomic E-state index is 12.0. The summed E-state index contributed by atoms with van der Waals surface area (Å²) in [6, 6.07) is 0. The van der Waals surface area contributed by atoms with Gasteiger partial charge in [-0.25, -0.2) is 0 Å². The highest BCUT2D eigenvalue weighted by molar-refractivity contribution is 5.85. The summed E-state index contributed by atoms with van der Waals surface area (Å²) in [5.74, 6) is 0.975. The van der Waals surface area contributed by atoms with E-state index in [1.165, 1.54) is 38.5 Å². The predicted octanol–water partition coefficient (Wildman–Crippen LogP) is 2.62. The van der Waals surface area contributed by atoms with Crippen molar-refractivity contribution in [2.24, 2.45) is 17.1 Å². The molecule has 1 amide bonds. The summed E-state index contributed by atoms with van der Waals surface area (Å²) in [5.41, 5.74) is 6.01. The number of amides is 1.